The largest absolute Gasteiger partial charge is 0.388 e. The molecule has 0 unspecified atom stereocenters. The number of anilines is 1. The lowest BCUT2D eigenvalue weighted by Crippen LogP contribution is -2.51. The standard InChI is InChI=1S/C12H20N2O3S/c1-11(2,12(3,4)15)14-10-9(18(5,16)17)7-6-8-13-10/h6-8,15H,1-5H3,(H,13,14). The van der Waals surface area contributed by atoms with E-state index in [1.54, 1.807) is 33.8 Å². The molecule has 0 aliphatic heterocycles. The fraction of sp³-hybridized carbons (Fsp3) is 0.583. The Hall–Kier alpha value is -1.14. The molecule has 1 aromatic rings. The van der Waals surface area contributed by atoms with E-state index in [9.17, 15) is 13.5 Å². The number of nitrogens with one attached hydrogen (secondary N) is 1. The van der Waals surface area contributed by atoms with Crippen LogP contribution in [-0.2, 0) is 9.84 Å². The highest BCUT2D eigenvalue weighted by Crippen LogP contribution is 2.28. The van der Waals surface area contributed by atoms with E-state index in [2.05, 4.69) is 10.3 Å². The molecular formula is C12H20N2O3S. The number of aromatic nitrogens is 1. The second kappa shape index (κ2) is 4.51. The average molecular weight is 272 g/mol. The molecule has 0 aromatic carbocycles. The second-order valence-corrected chi connectivity index (χ2v) is 7.42. The Kier molecular flexibility index (Phi) is 3.74. The molecule has 1 heterocycles. The zero-order chi connectivity index (χ0) is 14.2. The van der Waals surface area contributed by atoms with Gasteiger partial charge in [0.15, 0.2) is 9.84 Å². The fourth-order valence-electron chi connectivity index (χ4n) is 1.23. The van der Waals surface area contributed by atoms with Crippen molar-refractivity contribution < 1.29 is 13.5 Å². The molecule has 0 saturated carbocycles. The first-order valence-electron chi connectivity index (χ1n) is 5.61. The van der Waals surface area contributed by atoms with E-state index in [1.165, 1.54) is 12.3 Å². The van der Waals surface area contributed by atoms with Crippen molar-refractivity contribution in [2.24, 2.45) is 0 Å². The van der Waals surface area contributed by atoms with E-state index in [-0.39, 0.29) is 10.7 Å². The highest BCUT2D eigenvalue weighted by atomic mass is 32.2. The molecule has 0 spiro atoms. The first-order valence-corrected chi connectivity index (χ1v) is 7.50. The van der Waals surface area contributed by atoms with Crippen molar-refractivity contribution >= 4 is 15.7 Å². The SMILES string of the molecule is CC(C)(O)C(C)(C)Nc1ncccc1S(C)(=O)=O. The molecule has 0 aliphatic carbocycles. The van der Waals surface area contributed by atoms with Crippen molar-refractivity contribution in [1.29, 1.82) is 0 Å². The maximum atomic E-state index is 11.6. The molecule has 0 atom stereocenters. The van der Waals surface area contributed by atoms with Gasteiger partial charge in [-0.15, -0.1) is 0 Å². The van der Waals surface area contributed by atoms with Crippen molar-refractivity contribution in [1.82, 2.24) is 4.98 Å². The molecule has 1 aromatic heterocycles. The summed E-state index contributed by atoms with van der Waals surface area (Å²) in [6.07, 6.45) is 2.64. The molecule has 0 bridgehead atoms. The molecule has 0 amide bonds. The topological polar surface area (TPSA) is 79.3 Å². The zero-order valence-electron chi connectivity index (χ0n) is 11.4. The van der Waals surface area contributed by atoms with Gasteiger partial charge in [-0.05, 0) is 39.8 Å². The lowest BCUT2D eigenvalue weighted by Gasteiger charge is -2.38. The summed E-state index contributed by atoms with van der Waals surface area (Å²) in [5.74, 6) is 0.257. The number of rotatable bonds is 4. The van der Waals surface area contributed by atoms with Gasteiger partial charge in [-0.2, -0.15) is 0 Å². The van der Waals surface area contributed by atoms with E-state index in [0.717, 1.165) is 6.26 Å². The first kappa shape index (κ1) is 14.9. The fourth-order valence-corrected chi connectivity index (χ4v) is 2.01. The predicted molar refractivity (Wildman–Crippen MR) is 71.3 cm³/mol. The third kappa shape index (κ3) is 3.20. The maximum Gasteiger partial charge on any atom is 0.179 e. The quantitative estimate of drug-likeness (QED) is 0.867. The van der Waals surface area contributed by atoms with Gasteiger partial charge in [0, 0.05) is 12.5 Å². The van der Waals surface area contributed by atoms with Crippen LogP contribution in [-0.4, -0.2) is 35.9 Å². The molecule has 0 fully saturated rings. The third-order valence-electron chi connectivity index (χ3n) is 3.13. The van der Waals surface area contributed by atoms with Crippen molar-refractivity contribution in [3.8, 4) is 0 Å². The number of aliphatic hydroxyl groups is 1. The predicted octanol–water partition coefficient (Wildman–Crippen LogP) is 1.45. The minimum absolute atomic E-state index is 0.127. The lowest BCUT2D eigenvalue weighted by molar-refractivity contribution is 0.0237. The molecule has 102 valence electrons. The highest BCUT2D eigenvalue weighted by molar-refractivity contribution is 7.90. The van der Waals surface area contributed by atoms with Gasteiger partial charge in [-0.1, -0.05) is 0 Å². The van der Waals surface area contributed by atoms with Gasteiger partial charge in [0.05, 0.1) is 11.1 Å². The second-order valence-electron chi connectivity index (χ2n) is 5.43. The Morgan fingerprint density at radius 1 is 1.28 bits per heavy atom. The summed E-state index contributed by atoms with van der Waals surface area (Å²) >= 11 is 0. The summed E-state index contributed by atoms with van der Waals surface area (Å²) in [6, 6.07) is 3.06. The number of sulfone groups is 1. The molecule has 0 saturated heterocycles. The maximum absolute atomic E-state index is 11.6. The molecule has 1 rings (SSSR count). The minimum atomic E-state index is -3.36. The monoisotopic (exact) mass is 272 g/mol. The van der Waals surface area contributed by atoms with Crippen LogP contribution in [0, 0.1) is 0 Å². The van der Waals surface area contributed by atoms with Gasteiger partial charge in [0.2, 0.25) is 0 Å². The Morgan fingerprint density at radius 2 is 1.83 bits per heavy atom. The molecule has 0 aliphatic rings. The molecular weight excluding hydrogens is 252 g/mol. The number of nitrogens with zero attached hydrogens (tertiary/aromatic N) is 1. The highest BCUT2D eigenvalue weighted by Gasteiger charge is 2.36. The molecule has 6 heteroatoms. The smallest absolute Gasteiger partial charge is 0.179 e. The third-order valence-corrected chi connectivity index (χ3v) is 4.26. The number of hydrogen-bond acceptors (Lipinski definition) is 5. The Labute approximate surface area is 108 Å². The van der Waals surface area contributed by atoms with Crippen LogP contribution >= 0.6 is 0 Å². The summed E-state index contributed by atoms with van der Waals surface area (Å²) in [6.45, 7) is 6.88. The zero-order valence-corrected chi connectivity index (χ0v) is 12.2. The molecule has 18 heavy (non-hydrogen) atoms. The van der Waals surface area contributed by atoms with Crippen LogP contribution < -0.4 is 5.32 Å². The van der Waals surface area contributed by atoms with E-state index in [4.69, 9.17) is 0 Å². The summed E-state index contributed by atoms with van der Waals surface area (Å²) in [4.78, 5) is 4.17. The summed E-state index contributed by atoms with van der Waals surface area (Å²) in [5.41, 5.74) is -1.75. The van der Waals surface area contributed by atoms with E-state index < -0.39 is 21.0 Å². The van der Waals surface area contributed by atoms with Crippen molar-refractivity contribution in [3.63, 3.8) is 0 Å². The van der Waals surface area contributed by atoms with Crippen LogP contribution in [0.25, 0.3) is 0 Å². The minimum Gasteiger partial charge on any atom is -0.388 e. The lowest BCUT2D eigenvalue weighted by atomic mass is 9.86. The van der Waals surface area contributed by atoms with Gasteiger partial charge in [0.25, 0.3) is 0 Å². The van der Waals surface area contributed by atoms with Gasteiger partial charge in [-0.3, -0.25) is 0 Å². The molecule has 0 radical (unpaired) electrons. The van der Waals surface area contributed by atoms with Gasteiger partial charge in [-0.25, -0.2) is 13.4 Å². The summed E-state index contributed by atoms with van der Waals surface area (Å²) in [5, 5.41) is 13.1. The van der Waals surface area contributed by atoms with Crippen LogP contribution in [0.2, 0.25) is 0 Å². The average Bonchev–Trinajstić information content (AvgIpc) is 2.14. The van der Waals surface area contributed by atoms with Crippen molar-refractivity contribution in [2.75, 3.05) is 11.6 Å². The summed E-state index contributed by atoms with van der Waals surface area (Å²) in [7, 11) is -3.36. The van der Waals surface area contributed by atoms with E-state index in [0.29, 0.717) is 0 Å². The molecule has 2 N–H and O–H groups in total. The number of hydrogen-bond donors (Lipinski definition) is 2. The van der Waals surface area contributed by atoms with Crippen LogP contribution in [0.1, 0.15) is 27.7 Å². The van der Waals surface area contributed by atoms with E-state index in [1.807, 2.05) is 0 Å². The Balaban J connectivity index is 3.22. The first-order chi connectivity index (χ1) is 7.95. The summed E-state index contributed by atoms with van der Waals surface area (Å²) < 4.78 is 23.3. The van der Waals surface area contributed by atoms with Crippen LogP contribution in [0.5, 0.6) is 0 Å². The Bertz CT molecular complexity index is 530. The number of pyridine rings is 1. The van der Waals surface area contributed by atoms with Crippen LogP contribution in [0.15, 0.2) is 23.2 Å². The van der Waals surface area contributed by atoms with Crippen molar-refractivity contribution in [2.45, 2.75) is 43.7 Å². The van der Waals surface area contributed by atoms with E-state index >= 15 is 0 Å². The van der Waals surface area contributed by atoms with Gasteiger partial charge < -0.3 is 10.4 Å². The van der Waals surface area contributed by atoms with Crippen LogP contribution in [0.3, 0.4) is 0 Å². The molecule has 5 nitrogen and oxygen atoms in total. The normalized spacial score (nSPS) is 13.4. The van der Waals surface area contributed by atoms with Gasteiger partial charge in [0.1, 0.15) is 10.7 Å². The van der Waals surface area contributed by atoms with Gasteiger partial charge >= 0.3 is 0 Å². The Morgan fingerprint density at radius 3 is 2.28 bits per heavy atom. The van der Waals surface area contributed by atoms with Crippen molar-refractivity contribution in [3.05, 3.63) is 18.3 Å². The van der Waals surface area contributed by atoms with Crippen LogP contribution in [0.4, 0.5) is 5.82 Å².